The van der Waals surface area contributed by atoms with Gasteiger partial charge in [0.15, 0.2) is 0 Å². The van der Waals surface area contributed by atoms with E-state index in [-0.39, 0.29) is 12.1 Å². The zero-order valence-corrected chi connectivity index (χ0v) is 15.8. The van der Waals surface area contributed by atoms with E-state index in [0.29, 0.717) is 0 Å². The molecule has 0 aliphatic carbocycles. The number of aliphatic hydroxyl groups is 1. The zero-order valence-electron chi connectivity index (χ0n) is 15.8. The van der Waals surface area contributed by atoms with Crippen molar-refractivity contribution in [3.05, 3.63) is 108 Å². The number of nitriles is 1. The van der Waals surface area contributed by atoms with Crippen molar-refractivity contribution in [3.63, 3.8) is 0 Å². The average Bonchev–Trinajstić information content (AvgIpc) is 3.26. The van der Waals surface area contributed by atoms with Gasteiger partial charge in [0.1, 0.15) is 11.6 Å². The van der Waals surface area contributed by atoms with Gasteiger partial charge in [-0.25, -0.2) is 0 Å². The van der Waals surface area contributed by atoms with E-state index in [1.54, 1.807) is 0 Å². The van der Waals surface area contributed by atoms with Gasteiger partial charge in [0, 0.05) is 12.6 Å². The molecule has 3 nitrogen and oxygen atoms in total. The summed E-state index contributed by atoms with van der Waals surface area (Å²) in [7, 11) is 0. The third-order valence-electron chi connectivity index (χ3n) is 5.77. The minimum Gasteiger partial charge on any atom is -0.379 e. The zero-order chi connectivity index (χ0) is 19.4. The van der Waals surface area contributed by atoms with Crippen LogP contribution >= 0.6 is 0 Å². The molecule has 28 heavy (non-hydrogen) atoms. The molecule has 3 aromatic carbocycles. The molecule has 0 radical (unpaired) electrons. The molecule has 0 aromatic heterocycles. The molecule has 4 rings (SSSR count). The Morgan fingerprint density at radius 3 is 1.86 bits per heavy atom. The maximum absolute atomic E-state index is 12.2. The fraction of sp³-hybridized carbons (Fsp3) is 0.240. The van der Waals surface area contributed by atoms with Gasteiger partial charge in [-0.05, 0) is 29.5 Å². The van der Waals surface area contributed by atoms with Gasteiger partial charge in [-0.2, -0.15) is 5.26 Å². The Kier molecular flexibility index (Phi) is 5.25. The number of likely N-dealkylation sites (tertiary alicyclic amines) is 1. The van der Waals surface area contributed by atoms with Crippen LogP contribution in [0.3, 0.4) is 0 Å². The second-order valence-electron chi connectivity index (χ2n) is 7.34. The molecule has 1 aliphatic heterocycles. The second-order valence-corrected chi connectivity index (χ2v) is 7.34. The van der Waals surface area contributed by atoms with Gasteiger partial charge in [0.05, 0.1) is 6.07 Å². The van der Waals surface area contributed by atoms with Gasteiger partial charge < -0.3 is 5.11 Å². The predicted molar refractivity (Wildman–Crippen MR) is 110 cm³/mol. The quantitative estimate of drug-likeness (QED) is 0.713. The molecule has 0 bridgehead atoms. The monoisotopic (exact) mass is 368 g/mol. The van der Waals surface area contributed by atoms with Crippen molar-refractivity contribution >= 4 is 0 Å². The van der Waals surface area contributed by atoms with Gasteiger partial charge >= 0.3 is 0 Å². The number of rotatable bonds is 5. The van der Waals surface area contributed by atoms with Crippen LogP contribution < -0.4 is 0 Å². The fourth-order valence-electron chi connectivity index (χ4n) is 4.46. The summed E-state index contributed by atoms with van der Waals surface area (Å²) >= 11 is 0. The van der Waals surface area contributed by atoms with Crippen LogP contribution in [0.5, 0.6) is 0 Å². The Morgan fingerprint density at radius 1 is 0.857 bits per heavy atom. The summed E-state index contributed by atoms with van der Waals surface area (Å²) in [5.41, 5.74) is 1.52. The first kappa shape index (κ1) is 18.4. The first-order valence-corrected chi connectivity index (χ1v) is 9.79. The minimum absolute atomic E-state index is 0.179. The molecule has 3 aromatic rings. The molecule has 2 atom stereocenters. The lowest BCUT2D eigenvalue weighted by atomic mass is 9.78. The molecule has 1 heterocycles. The first-order valence-electron chi connectivity index (χ1n) is 9.79. The highest BCUT2D eigenvalue weighted by Crippen LogP contribution is 2.43. The largest absolute Gasteiger partial charge is 0.379 e. The molecule has 0 spiro atoms. The lowest BCUT2D eigenvalue weighted by Gasteiger charge is -2.41. The first-order chi connectivity index (χ1) is 13.7. The van der Waals surface area contributed by atoms with Crippen molar-refractivity contribution in [3.8, 4) is 6.07 Å². The molecular weight excluding hydrogens is 344 g/mol. The van der Waals surface area contributed by atoms with Crippen molar-refractivity contribution in [2.45, 2.75) is 30.5 Å². The van der Waals surface area contributed by atoms with Crippen LogP contribution in [0.15, 0.2) is 91.0 Å². The molecule has 1 fully saturated rings. The van der Waals surface area contributed by atoms with Crippen molar-refractivity contribution in [1.29, 1.82) is 5.26 Å². The topological polar surface area (TPSA) is 47.3 Å². The van der Waals surface area contributed by atoms with Crippen molar-refractivity contribution in [2.24, 2.45) is 0 Å². The van der Waals surface area contributed by atoms with Crippen LogP contribution in [0.2, 0.25) is 0 Å². The molecule has 3 heteroatoms. The molecule has 0 unspecified atom stereocenters. The summed E-state index contributed by atoms with van der Waals surface area (Å²) in [5.74, 6) is 0. The summed E-state index contributed by atoms with van der Waals surface area (Å²) in [6.07, 6.45) is 1.79. The highest BCUT2D eigenvalue weighted by Gasteiger charge is 2.47. The highest BCUT2D eigenvalue weighted by molar-refractivity contribution is 5.39. The van der Waals surface area contributed by atoms with E-state index in [1.165, 1.54) is 0 Å². The van der Waals surface area contributed by atoms with Crippen LogP contribution in [0, 0.1) is 11.3 Å². The van der Waals surface area contributed by atoms with E-state index >= 15 is 0 Å². The van der Waals surface area contributed by atoms with Gasteiger partial charge in [0.25, 0.3) is 0 Å². The Labute approximate surface area is 166 Å². The smallest absolute Gasteiger partial charge is 0.130 e. The number of nitrogens with zero attached hydrogens (tertiary/aromatic N) is 2. The lowest BCUT2D eigenvalue weighted by Crippen LogP contribution is -2.49. The maximum atomic E-state index is 12.2. The molecule has 1 aliphatic rings. The fourth-order valence-corrected chi connectivity index (χ4v) is 4.46. The standard InChI is InChI=1S/C25H24N2O/c26-19-23(20-11-4-1-5-12-20)27-18-10-17-24(27)25(28,21-13-6-2-7-14-21)22-15-8-3-9-16-22/h1-9,11-16,23-24,28H,10,17-18H2/t23-,24+/m1/s1. The second kappa shape index (κ2) is 7.98. The Balaban J connectivity index is 1.81. The van der Waals surface area contributed by atoms with Crippen LogP contribution in [0.25, 0.3) is 0 Å². The van der Waals surface area contributed by atoms with E-state index in [2.05, 4.69) is 11.0 Å². The average molecular weight is 368 g/mol. The summed E-state index contributed by atoms with van der Waals surface area (Å²) in [5, 5.41) is 22.2. The Hall–Kier alpha value is -2.93. The van der Waals surface area contributed by atoms with E-state index < -0.39 is 5.60 Å². The van der Waals surface area contributed by atoms with Crippen molar-refractivity contribution < 1.29 is 5.11 Å². The van der Waals surface area contributed by atoms with Gasteiger partial charge in [-0.1, -0.05) is 91.0 Å². The van der Waals surface area contributed by atoms with Gasteiger partial charge in [0.2, 0.25) is 0 Å². The highest BCUT2D eigenvalue weighted by atomic mass is 16.3. The number of hydrogen-bond acceptors (Lipinski definition) is 3. The van der Waals surface area contributed by atoms with Crippen LogP contribution in [-0.4, -0.2) is 22.6 Å². The van der Waals surface area contributed by atoms with E-state index in [0.717, 1.165) is 36.1 Å². The lowest BCUT2D eigenvalue weighted by molar-refractivity contribution is -0.0118. The van der Waals surface area contributed by atoms with E-state index in [1.807, 2.05) is 91.0 Å². The number of benzene rings is 3. The molecule has 0 saturated carbocycles. The predicted octanol–water partition coefficient (Wildman–Crippen LogP) is 4.65. The van der Waals surface area contributed by atoms with E-state index in [9.17, 15) is 10.4 Å². The third-order valence-corrected chi connectivity index (χ3v) is 5.77. The Bertz CT molecular complexity index is 895. The van der Waals surface area contributed by atoms with Gasteiger partial charge in [-0.3, -0.25) is 4.90 Å². The Morgan fingerprint density at radius 2 is 1.36 bits per heavy atom. The maximum Gasteiger partial charge on any atom is 0.130 e. The summed E-state index contributed by atoms with van der Waals surface area (Å²) < 4.78 is 0. The third kappa shape index (κ3) is 3.22. The van der Waals surface area contributed by atoms with Crippen LogP contribution in [-0.2, 0) is 5.60 Å². The van der Waals surface area contributed by atoms with Crippen molar-refractivity contribution in [2.75, 3.05) is 6.54 Å². The normalized spacial score (nSPS) is 18.5. The SMILES string of the molecule is N#C[C@H](c1ccccc1)N1CCC[C@H]1C(O)(c1ccccc1)c1ccccc1. The number of hydrogen-bond donors (Lipinski definition) is 1. The van der Waals surface area contributed by atoms with Crippen LogP contribution in [0.4, 0.5) is 0 Å². The summed E-state index contributed by atoms with van der Waals surface area (Å²) in [4.78, 5) is 2.18. The minimum atomic E-state index is -1.18. The molecule has 1 N–H and O–H groups in total. The molecule has 140 valence electrons. The molecule has 1 saturated heterocycles. The van der Waals surface area contributed by atoms with E-state index in [4.69, 9.17) is 0 Å². The van der Waals surface area contributed by atoms with Crippen molar-refractivity contribution in [1.82, 2.24) is 4.90 Å². The van der Waals surface area contributed by atoms with Gasteiger partial charge in [-0.15, -0.1) is 0 Å². The molecular formula is C25H24N2O. The molecule has 0 amide bonds. The van der Waals surface area contributed by atoms with Crippen LogP contribution in [0.1, 0.15) is 35.6 Å². The summed E-state index contributed by atoms with van der Waals surface area (Å²) in [6.45, 7) is 0.791. The summed E-state index contributed by atoms with van der Waals surface area (Å²) in [6, 6.07) is 31.5.